The summed E-state index contributed by atoms with van der Waals surface area (Å²) in [5.74, 6) is 1.90. The van der Waals surface area contributed by atoms with Crippen LogP contribution in [-0.2, 0) is 17.9 Å². The smallest absolute Gasteiger partial charge is 0.223 e. The van der Waals surface area contributed by atoms with Crippen molar-refractivity contribution in [3.8, 4) is 5.75 Å². The lowest BCUT2D eigenvalue weighted by atomic mass is 10.0. The summed E-state index contributed by atoms with van der Waals surface area (Å²) in [4.78, 5) is 18.8. The predicted molar refractivity (Wildman–Crippen MR) is 114 cm³/mol. The van der Waals surface area contributed by atoms with E-state index >= 15 is 0 Å². The summed E-state index contributed by atoms with van der Waals surface area (Å²) in [6.45, 7) is 2.86. The maximum Gasteiger partial charge on any atom is 0.223 e. The number of aliphatic imine (C=N–C) groups is 1. The summed E-state index contributed by atoms with van der Waals surface area (Å²) in [6, 6.07) is 16.6. The van der Waals surface area contributed by atoms with Crippen molar-refractivity contribution in [3.63, 3.8) is 0 Å². The van der Waals surface area contributed by atoms with E-state index in [2.05, 4.69) is 33.8 Å². The molecule has 6 nitrogen and oxygen atoms in total. The highest BCUT2D eigenvalue weighted by atomic mass is 16.5. The maximum atomic E-state index is 12.5. The lowest BCUT2D eigenvalue weighted by Crippen LogP contribution is -2.41. The van der Waals surface area contributed by atoms with E-state index in [-0.39, 0.29) is 11.9 Å². The van der Waals surface area contributed by atoms with Gasteiger partial charge in [0.1, 0.15) is 5.75 Å². The van der Waals surface area contributed by atoms with E-state index in [0.29, 0.717) is 19.6 Å². The molecule has 2 aromatic carbocycles. The summed E-state index contributed by atoms with van der Waals surface area (Å²) in [6.07, 6.45) is 2.21. The molecule has 2 aromatic rings. The summed E-state index contributed by atoms with van der Waals surface area (Å²) in [5.41, 5.74) is 3.69. The number of benzene rings is 2. The monoisotopic (exact) mass is 392 g/mol. The molecule has 0 saturated heterocycles. The van der Waals surface area contributed by atoms with E-state index in [1.54, 1.807) is 7.05 Å². The van der Waals surface area contributed by atoms with Crippen LogP contribution in [0.15, 0.2) is 53.5 Å². The van der Waals surface area contributed by atoms with Crippen LogP contribution in [-0.4, -0.2) is 37.0 Å². The third-order valence-electron chi connectivity index (χ3n) is 5.55. The molecular weight excluding hydrogens is 364 g/mol. The lowest BCUT2D eigenvalue weighted by molar-refractivity contribution is -0.131. The Morgan fingerprint density at radius 1 is 1.14 bits per heavy atom. The number of rotatable bonds is 5. The molecule has 1 unspecified atom stereocenters. The van der Waals surface area contributed by atoms with Crippen molar-refractivity contribution in [3.05, 3.63) is 65.2 Å². The summed E-state index contributed by atoms with van der Waals surface area (Å²) < 4.78 is 5.72. The van der Waals surface area contributed by atoms with E-state index in [4.69, 9.17) is 4.74 Å². The Balaban J connectivity index is 1.22. The second-order valence-corrected chi connectivity index (χ2v) is 7.49. The molecule has 4 rings (SSSR count). The summed E-state index contributed by atoms with van der Waals surface area (Å²) in [7, 11) is 1.77. The molecular formula is C23H28N4O2. The standard InChI is InChI=1S/C23H28N4O2/c1-24-23(26-20-12-14-29-21-10-5-4-9-19(20)21)25-13-6-11-22(28)27-15-17-7-2-3-8-18(17)16-27/h2-5,7-10,20H,6,11-16H2,1H3,(H2,24,25,26). The Morgan fingerprint density at radius 2 is 1.86 bits per heavy atom. The molecule has 0 saturated carbocycles. The van der Waals surface area contributed by atoms with Gasteiger partial charge in [-0.2, -0.15) is 0 Å². The van der Waals surface area contributed by atoms with Gasteiger partial charge in [-0.25, -0.2) is 0 Å². The minimum atomic E-state index is 0.177. The van der Waals surface area contributed by atoms with Crippen LogP contribution in [0.3, 0.4) is 0 Å². The number of nitrogens with one attached hydrogen (secondary N) is 2. The first-order valence-electron chi connectivity index (χ1n) is 10.3. The Morgan fingerprint density at radius 3 is 2.62 bits per heavy atom. The van der Waals surface area contributed by atoms with Gasteiger partial charge in [0.05, 0.1) is 12.6 Å². The number of nitrogens with zero attached hydrogens (tertiary/aromatic N) is 2. The zero-order chi connectivity index (χ0) is 20.1. The first kappa shape index (κ1) is 19.3. The van der Waals surface area contributed by atoms with Gasteiger partial charge in [0.25, 0.3) is 0 Å². The van der Waals surface area contributed by atoms with E-state index in [0.717, 1.165) is 43.2 Å². The van der Waals surface area contributed by atoms with Gasteiger partial charge in [0.2, 0.25) is 5.91 Å². The molecule has 2 aliphatic rings. The molecule has 1 amide bonds. The average molecular weight is 393 g/mol. The number of hydrogen-bond donors (Lipinski definition) is 2. The molecule has 29 heavy (non-hydrogen) atoms. The molecule has 0 spiro atoms. The predicted octanol–water partition coefficient (Wildman–Crippen LogP) is 3.00. The number of carbonyl (C=O) groups is 1. The fraction of sp³-hybridized carbons (Fsp3) is 0.391. The van der Waals surface area contributed by atoms with Crippen LogP contribution in [0.2, 0.25) is 0 Å². The average Bonchev–Trinajstić information content (AvgIpc) is 3.20. The maximum absolute atomic E-state index is 12.5. The highest BCUT2D eigenvalue weighted by Gasteiger charge is 2.23. The van der Waals surface area contributed by atoms with Crippen molar-refractivity contribution < 1.29 is 9.53 Å². The zero-order valence-corrected chi connectivity index (χ0v) is 16.9. The van der Waals surface area contributed by atoms with E-state index < -0.39 is 0 Å². The van der Waals surface area contributed by atoms with Gasteiger partial charge < -0.3 is 20.3 Å². The molecule has 152 valence electrons. The third kappa shape index (κ3) is 4.53. The highest BCUT2D eigenvalue weighted by molar-refractivity contribution is 5.80. The van der Waals surface area contributed by atoms with E-state index in [9.17, 15) is 4.79 Å². The van der Waals surface area contributed by atoms with Crippen molar-refractivity contribution in [2.75, 3.05) is 20.2 Å². The van der Waals surface area contributed by atoms with E-state index in [1.165, 1.54) is 11.1 Å². The third-order valence-corrected chi connectivity index (χ3v) is 5.55. The Kier molecular flexibility index (Phi) is 5.98. The van der Waals surface area contributed by atoms with Crippen LogP contribution >= 0.6 is 0 Å². The second kappa shape index (κ2) is 8.99. The fourth-order valence-corrected chi connectivity index (χ4v) is 3.97. The summed E-state index contributed by atoms with van der Waals surface area (Å²) >= 11 is 0. The second-order valence-electron chi connectivity index (χ2n) is 7.49. The van der Waals surface area contributed by atoms with Gasteiger partial charge in [-0.3, -0.25) is 9.79 Å². The van der Waals surface area contributed by atoms with E-state index in [1.807, 2.05) is 35.2 Å². The Bertz CT molecular complexity index is 871. The topological polar surface area (TPSA) is 66.0 Å². The lowest BCUT2D eigenvalue weighted by Gasteiger charge is -2.28. The van der Waals surface area contributed by atoms with Crippen LogP contribution in [0.25, 0.3) is 0 Å². The van der Waals surface area contributed by atoms with Crippen LogP contribution in [0.4, 0.5) is 0 Å². The molecule has 0 aliphatic carbocycles. The van der Waals surface area contributed by atoms with Gasteiger partial charge in [0.15, 0.2) is 5.96 Å². The minimum Gasteiger partial charge on any atom is -0.493 e. The quantitative estimate of drug-likeness (QED) is 0.466. The minimum absolute atomic E-state index is 0.177. The van der Waals surface area contributed by atoms with Crippen LogP contribution in [0, 0.1) is 0 Å². The number of amides is 1. The van der Waals surface area contributed by atoms with Crippen LogP contribution < -0.4 is 15.4 Å². The fourth-order valence-electron chi connectivity index (χ4n) is 3.97. The Labute approximate surface area is 172 Å². The molecule has 2 aliphatic heterocycles. The van der Waals surface area contributed by atoms with Gasteiger partial charge in [-0.1, -0.05) is 42.5 Å². The van der Waals surface area contributed by atoms with Crippen molar-refractivity contribution >= 4 is 11.9 Å². The number of hydrogen-bond acceptors (Lipinski definition) is 3. The number of ether oxygens (including phenoxy) is 1. The first-order valence-corrected chi connectivity index (χ1v) is 10.3. The van der Waals surface area contributed by atoms with Crippen molar-refractivity contribution in [1.29, 1.82) is 0 Å². The van der Waals surface area contributed by atoms with Crippen molar-refractivity contribution in [2.24, 2.45) is 4.99 Å². The van der Waals surface area contributed by atoms with Crippen LogP contribution in [0.1, 0.15) is 42.0 Å². The Hall–Kier alpha value is -3.02. The molecule has 2 N–H and O–H groups in total. The molecule has 2 heterocycles. The molecule has 0 bridgehead atoms. The molecule has 0 radical (unpaired) electrons. The SMILES string of the molecule is CN=C(NCCCC(=O)N1Cc2ccccc2C1)NC1CCOc2ccccc21. The van der Waals surface area contributed by atoms with Crippen molar-refractivity contribution in [1.82, 2.24) is 15.5 Å². The van der Waals surface area contributed by atoms with Gasteiger partial charge in [-0.15, -0.1) is 0 Å². The largest absolute Gasteiger partial charge is 0.493 e. The van der Waals surface area contributed by atoms with Gasteiger partial charge in [-0.05, 0) is 23.6 Å². The van der Waals surface area contributed by atoms with Crippen molar-refractivity contribution in [2.45, 2.75) is 38.4 Å². The molecule has 0 fully saturated rings. The molecule has 1 atom stereocenters. The number of para-hydroxylation sites is 1. The number of fused-ring (bicyclic) bond motifs is 2. The number of guanidine groups is 1. The summed E-state index contributed by atoms with van der Waals surface area (Å²) in [5, 5.41) is 6.82. The van der Waals surface area contributed by atoms with Crippen LogP contribution in [0.5, 0.6) is 5.75 Å². The normalized spacial score (nSPS) is 17.9. The number of carbonyl (C=O) groups excluding carboxylic acids is 1. The zero-order valence-electron chi connectivity index (χ0n) is 16.9. The first-order chi connectivity index (χ1) is 14.2. The van der Waals surface area contributed by atoms with Gasteiger partial charge in [0, 0.05) is 45.1 Å². The van der Waals surface area contributed by atoms with Gasteiger partial charge >= 0.3 is 0 Å². The molecule has 0 aromatic heterocycles. The molecule has 6 heteroatoms. The highest BCUT2D eigenvalue weighted by Crippen LogP contribution is 2.31.